The minimum Gasteiger partial charge on any atom is -0.504 e. The molecule has 0 unspecified atom stereocenters. The highest BCUT2D eigenvalue weighted by Crippen LogP contribution is 2.37. The third-order valence-corrected chi connectivity index (χ3v) is 5.30. The number of aromatic hydroxyl groups is 1. The Kier molecular flexibility index (Phi) is 5.43. The van der Waals surface area contributed by atoms with Crippen LogP contribution in [-0.2, 0) is 6.42 Å². The van der Waals surface area contributed by atoms with Gasteiger partial charge in [0.15, 0.2) is 11.4 Å². The van der Waals surface area contributed by atoms with Gasteiger partial charge in [0.25, 0.3) is 11.8 Å². The van der Waals surface area contributed by atoms with E-state index in [2.05, 4.69) is 20.2 Å². The van der Waals surface area contributed by atoms with Crippen LogP contribution in [0.1, 0.15) is 21.8 Å². The number of nitrogens with zero attached hydrogens (tertiary/aromatic N) is 5. The van der Waals surface area contributed by atoms with E-state index in [9.17, 15) is 14.3 Å². The number of anilines is 1. The van der Waals surface area contributed by atoms with Crippen molar-refractivity contribution in [2.45, 2.75) is 6.42 Å². The van der Waals surface area contributed by atoms with Crippen LogP contribution in [0.25, 0.3) is 22.5 Å². The van der Waals surface area contributed by atoms with E-state index in [1.807, 2.05) is 6.07 Å². The highest BCUT2D eigenvalue weighted by Gasteiger charge is 2.24. The normalized spacial score (nSPS) is 11.0. The van der Waals surface area contributed by atoms with Gasteiger partial charge in [0, 0.05) is 24.2 Å². The maximum absolute atomic E-state index is 13.2. The molecule has 5 rings (SSSR count). The van der Waals surface area contributed by atoms with Crippen molar-refractivity contribution in [2.24, 2.45) is 0 Å². The highest BCUT2D eigenvalue weighted by molar-refractivity contribution is 6.10. The number of carbonyl (C=O) groups is 1. The Morgan fingerprint density at radius 2 is 1.79 bits per heavy atom. The van der Waals surface area contributed by atoms with Crippen molar-refractivity contribution in [3.63, 3.8) is 0 Å². The molecule has 9 heteroatoms. The van der Waals surface area contributed by atoms with Crippen LogP contribution >= 0.6 is 0 Å². The molecule has 1 amide bonds. The van der Waals surface area contributed by atoms with Gasteiger partial charge in [0.05, 0.1) is 6.42 Å². The van der Waals surface area contributed by atoms with Gasteiger partial charge in [-0.15, -0.1) is 10.2 Å². The second kappa shape index (κ2) is 8.70. The number of halogens is 1. The molecule has 2 aromatic carbocycles. The summed E-state index contributed by atoms with van der Waals surface area (Å²) in [6.07, 6.45) is 1.81. The zero-order valence-corrected chi connectivity index (χ0v) is 18.0. The van der Waals surface area contributed by atoms with Crippen LogP contribution in [0.2, 0.25) is 0 Å². The molecule has 3 aromatic heterocycles. The smallest absolute Gasteiger partial charge is 0.270 e. The number of aromatic nitrogens is 4. The number of amides is 1. The number of hydrogen-bond donors (Lipinski definition) is 1. The van der Waals surface area contributed by atoms with Gasteiger partial charge in [-0.1, -0.05) is 30.3 Å². The summed E-state index contributed by atoms with van der Waals surface area (Å²) in [6.45, 7) is 0. The Labute approximate surface area is 193 Å². The molecular formula is C25H18FN5O3. The molecule has 0 aliphatic heterocycles. The van der Waals surface area contributed by atoms with Crippen molar-refractivity contribution in [3.8, 4) is 17.3 Å². The molecule has 0 spiro atoms. The third kappa shape index (κ3) is 3.95. The van der Waals surface area contributed by atoms with Gasteiger partial charge in [-0.25, -0.2) is 9.37 Å². The van der Waals surface area contributed by atoms with Gasteiger partial charge in [-0.2, -0.15) is 0 Å². The Balaban J connectivity index is 1.56. The SMILES string of the molecule is CN(C(=O)c1ccccc1)c1nc(-c2nnc(Cc3ccc(F)cc3)o2)c(O)c2ncccc12. The molecule has 1 N–H and O–H groups in total. The summed E-state index contributed by atoms with van der Waals surface area (Å²) in [5.74, 6) is -0.338. The van der Waals surface area contributed by atoms with E-state index in [0.29, 0.717) is 10.9 Å². The first-order valence-corrected chi connectivity index (χ1v) is 10.4. The second-order valence-electron chi connectivity index (χ2n) is 7.57. The monoisotopic (exact) mass is 455 g/mol. The molecule has 0 atom stereocenters. The largest absolute Gasteiger partial charge is 0.504 e. The standard InChI is InChI=1S/C25H18FN5O3/c1-31(25(33)16-6-3-2-4-7-16)23-18-8-5-13-27-20(18)22(32)21(28-23)24-30-29-19(34-24)14-15-9-11-17(26)12-10-15/h2-13,32H,14H2,1H3. The lowest BCUT2D eigenvalue weighted by Crippen LogP contribution is -2.27. The van der Waals surface area contributed by atoms with Crippen LogP contribution in [0.5, 0.6) is 5.75 Å². The lowest BCUT2D eigenvalue weighted by Gasteiger charge is -2.19. The molecule has 3 heterocycles. The maximum atomic E-state index is 13.2. The highest BCUT2D eigenvalue weighted by atomic mass is 19.1. The summed E-state index contributed by atoms with van der Waals surface area (Å²) in [5, 5.41) is 19.4. The van der Waals surface area contributed by atoms with E-state index in [0.717, 1.165) is 5.56 Å². The molecule has 0 bridgehead atoms. The van der Waals surface area contributed by atoms with Crippen LogP contribution < -0.4 is 4.90 Å². The summed E-state index contributed by atoms with van der Waals surface area (Å²) in [4.78, 5) is 23.3. The molecule has 5 aromatic rings. The number of pyridine rings is 2. The summed E-state index contributed by atoms with van der Waals surface area (Å²) >= 11 is 0. The van der Waals surface area contributed by atoms with Crippen molar-refractivity contribution in [1.82, 2.24) is 20.2 Å². The van der Waals surface area contributed by atoms with Crippen molar-refractivity contribution in [1.29, 1.82) is 0 Å². The van der Waals surface area contributed by atoms with E-state index in [-0.39, 0.29) is 52.7 Å². The lowest BCUT2D eigenvalue weighted by molar-refractivity contribution is 0.0992. The zero-order valence-electron chi connectivity index (χ0n) is 18.0. The van der Waals surface area contributed by atoms with Gasteiger partial charge < -0.3 is 9.52 Å². The van der Waals surface area contributed by atoms with Gasteiger partial charge >= 0.3 is 0 Å². The van der Waals surface area contributed by atoms with Crippen LogP contribution in [0, 0.1) is 5.82 Å². The average molecular weight is 455 g/mol. The number of hydrogen-bond acceptors (Lipinski definition) is 7. The minimum atomic E-state index is -0.338. The molecule has 0 saturated carbocycles. The van der Waals surface area contributed by atoms with Crippen molar-refractivity contribution in [3.05, 3.63) is 95.8 Å². The van der Waals surface area contributed by atoms with Gasteiger partial charge in [0.2, 0.25) is 5.89 Å². The molecule has 0 aliphatic carbocycles. The third-order valence-electron chi connectivity index (χ3n) is 5.30. The lowest BCUT2D eigenvalue weighted by atomic mass is 10.1. The first-order chi connectivity index (χ1) is 16.5. The Morgan fingerprint density at radius 3 is 2.56 bits per heavy atom. The van der Waals surface area contributed by atoms with Crippen LogP contribution in [0.4, 0.5) is 10.2 Å². The van der Waals surface area contributed by atoms with E-state index < -0.39 is 0 Å². The van der Waals surface area contributed by atoms with Gasteiger partial charge in [-0.3, -0.25) is 14.7 Å². The van der Waals surface area contributed by atoms with Crippen LogP contribution in [0.3, 0.4) is 0 Å². The molecule has 0 radical (unpaired) electrons. The number of fused-ring (bicyclic) bond motifs is 1. The fourth-order valence-corrected chi connectivity index (χ4v) is 3.58. The minimum absolute atomic E-state index is 0.00627. The van der Waals surface area contributed by atoms with E-state index >= 15 is 0 Å². The van der Waals surface area contributed by atoms with Crippen molar-refractivity contribution >= 4 is 22.6 Å². The number of benzene rings is 2. The summed E-state index contributed by atoms with van der Waals surface area (Å²) in [7, 11) is 1.60. The number of rotatable bonds is 5. The first kappa shape index (κ1) is 21.2. The fourth-order valence-electron chi connectivity index (χ4n) is 3.58. The Hall–Kier alpha value is -4.66. The first-order valence-electron chi connectivity index (χ1n) is 10.4. The Bertz CT molecular complexity index is 1490. The molecule has 0 saturated heterocycles. The topological polar surface area (TPSA) is 105 Å². The van der Waals surface area contributed by atoms with E-state index in [1.165, 1.54) is 23.2 Å². The summed E-state index contributed by atoms with van der Waals surface area (Å²) < 4.78 is 18.9. The molecule has 0 aliphatic rings. The second-order valence-corrected chi connectivity index (χ2v) is 7.57. The van der Waals surface area contributed by atoms with E-state index in [4.69, 9.17) is 4.42 Å². The summed E-state index contributed by atoms with van der Waals surface area (Å²) in [6, 6.07) is 18.1. The zero-order chi connectivity index (χ0) is 23.7. The Morgan fingerprint density at radius 1 is 1.03 bits per heavy atom. The quantitative estimate of drug-likeness (QED) is 0.419. The average Bonchev–Trinajstić information content (AvgIpc) is 3.33. The van der Waals surface area contributed by atoms with Crippen molar-refractivity contribution < 1.29 is 18.7 Å². The molecular weight excluding hydrogens is 437 g/mol. The molecule has 8 nitrogen and oxygen atoms in total. The predicted octanol–water partition coefficient (Wildman–Crippen LogP) is 4.39. The molecule has 0 fully saturated rings. The van der Waals surface area contributed by atoms with Crippen LogP contribution in [-0.4, -0.2) is 38.2 Å². The van der Waals surface area contributed by atoms with E-state index in [1.54, 1.807) is 55.6 Å². The van der Waals surface area contributed by atoms with Crippen molar-refractivity contribution in [2.75, 3.05) is 11.9 Å². The summed E-state index contributed by atoms with van der Waals surface area (Å²) in [5.41, 5.74) is 1.51. The maximum Gasteiger partial charge on any atom is 0.270 e. The van der Waals surface area contributed by atoms with Gasteiger partial charge in [0.1, 0.15) is 17.2 Å². The van der Waals surface area contributed by atoms with Gasteiger partial charge in [-0.05, 0) is 42.0 Å². The number of carbonyl (C=O) groups excluding carboxylic acids is 1. The predicted molar refractivity (Wildman–Crippen MR) is 123 cm³/mol. The van der Waals surface area contributed by atoms with Crippen LogP contribution in [0.15, 0.2) is 77.3 Å². The fraction of sp³-hybridized carbons (Fsp3) is 0.0800. The molecule has 168 valence electrons. The molecule has 34 heavy (non-hydrogen) atoms.